The Labute approximate surface area is 170 Å². The number of benzene rings is 3. The van der Waals surface area contributed by atoms with Crippen LogP contribution in [0.15, 0.2) is 97.2 Å². The molecule has 0 spiro atoms. The summed E-state index contributed by atoms with van der Waals surface area (Å²) in [6.07, 6.45) is 1.68. The van der Waals surface area contributed by atoms with E-state index in [9.17, 15) is 10.2 Å². The van der Waals surface area contributed by atoms with Crippen LogP contribution in [0.25, 0.3) is 11.3 Å². The predicted molar refractivity (Wildman–Crippen MR) is 116 cm³/mol. The Balaban J connectivity index is 1.82. The van der Waals surface area contributed by atoms with Gasteiger partial charge in [0.25, 0.3) is 0 Å². The first-order valence-corrected chi connectivity index (χ1v) is 9.50. The van der Waals surface area contributed by atoms with E-state index < -0.39 is 0 Å². The van der Waals surface area contributed by atoms with Crippen LogP contribution >= 0.6 is 0 Å². The van der Waals surface area contributed by atoms with E-state index in [1.54, 1.807) is 12.3 Å². The molecule has 0 aliphatic rings. The molecule has 4 aromatic rings. The SMILES string of the molecule is OCc1ccnc(-c2ccc(N(c3ccccc3)c3ccccc3)cc2CO)c1. The Kier molecular flexibility index (Phi) is 5.66. The average Bonchev–Trinajstić information content (AvgIpc) is 2.80. The Morgan fingerprint density at radius 2 is 1.31 bits per heavy atom. The fourth-order valence-electron chi connectivity index (χ4n) is 3.42. The van der Waals surface area contributed by atoms with E-state index in [0.29, 0.717) is 0 Å². The van der Waals surface area contributed by atoms with E-state index in [-0.39, 0.29) is 13.2 Å². The number of rotatable bonds is 6. The molecule has 4 nitrogen and oxygen atoms in total. The molecule has 3 aromatic carbocycles. The molecule has 29 heavy (non-hydrogen) atoms. The number of pyridine rings is 1. The van der Waals surface area contributed by atoms with Gasteiger partial charge in [-0.2, -0.15) is 0 Å². The summed E-state index contributed by atoms with van der Waals surface area (Å²) in [6, 6.07) is 29.9. The number of nitrogens with zero attached hydrogens (tertiary/aromatic N) is 2. The smallest absolute Gasteiger partial charge is 0.0709 e. The third kappa shape index (κ3) is 4.04. The molecule has 0 unspecified atom stereocenters. The van der Waals surface area contributed by atoms with Gasteiger partial charge in [-0.25, -0.2) is 0 Å². The zero-order valence-electron chi connectivity index (χ0n) is 15.9. The molecule has 0 saturated heterocycles. The second-order valence-electron chi connectivity index (χ2n) is 6.71. The van der Waals surface area contributed by atoms with E-state index in [1.165, 1.54) is 0 Å². The van der Waals surface area contributed by atoms with Gasteiger partial charge in [0.1, 0.15) is 0 Å². The van der Waals surface area contributed by atoms with Crippen LogP contribution in [0.1, 0.15) is 11.1 Å². The quantitative estimate of drug-likeness (QED) is 0.481. The first-order chi connectivity index (χ1) is 14.3. The summed E-state index contributed by atoms with van der Waals surface area (Å²) >= 11 is 0. The first kappa shape index (κ1) is 18.9. The van der Waals surface area contributed by atoms with Crippen LogP contribution in [0.2, 0.25) is 0 Å². The van der Waals surface area contributed by atoms with Gasteiger partial charge in [-0.05, 0) is 59.7 Å². The average molecular weight is 382 g/mol. The van der Waals surface area contributed by atoms with Crippen LogP contribution in [0.4, 0.5) is 17.1 Å². The summed E-state index contributed by atoms with van der Waals surface area (Å²) in [5.41, 5.74) is 6.19. The minimum absolute atomic E-state index is 0.0438. The van der Waals surface area contributed by atoms with Crippen molar-refractivity contribution >= 4 is 17.1 Å². The van der Waals surface area contributed by atoms with Crippen LogP contribution < -0.4 is 4.90 Å². The van der Waals surface area contributed by atoms with Crippen molar-refractivity contribution in [3.05, 3.63) is 108 Å². The molecule has 4 heteroatoms. The maximum atomic E-state index is 10.1. The Morgan fingerprint density at radius 3 is 1.90 bits per heavy atom. The number of aliphatic hydroxyl groups is 2. The lowest BCUT2D eigenvalue weighted by Gasteiger charge is -2.26. The van der Waals surface area contributed by atoms with Crippen molar-refractivity contribution in [1.29, 1.82) is 0 Å². The normalized spacial score (nSPS) is 10.7. The molecule has 0 radical (unpaired) electrons. The van der Waals surface area contributed by atoms with E-state index in [1.807, 2.05) is 60.7 Å². The van der Waals surface area contributed by atoms with Crippen molar-refractivity contribution in [2.75, 3.05) is 4.90 Å². The van der Waals surface area contributed by atoms with E-state index in [4.69, 9.17) is 0 Å². The summed E-state index contributed by atoms with van der Waals surface area (Å²) < 4.78 is 0. The van der Waals surface area contributed by atoms with Crippen LogP contribution in [-0.4, -0.2) is 15.2 Å². The largest absolute Gasteiger partial charge is 0.392 e. The third-order valence-electron chi connectivity index (χ3n) is 4.83. The molecule has 2 N–H and O–H groups in total. The molecule has 0 amide bonds. The first-order valence-electron chi connectivity index (χ1n) is 9.50. The predicted octanol–water partition coefficient (Wildman–Crippen LogP) is 5.20. The molecule has 0 aliphatic heterocycles. The van der Waals surface area contributed by atoms with Gasteiger partial charge < -0.3 is 15.1 Å². The van der Waals surface area contributed by atoms with Crippen molar-refractivity contribution in [2.24, 2.45) is 0 Å². The van der Waals surface area contributed by atoms with Gasteiger partial charge >= 0.3 is 0 Å². The summed E-state index contributed by atoms with van der Waals surface area (Å²) in [4.78, 5) is 6.57. The molecule has 0 fully saturated rings. The summed E-state index contributed by atoms with van der Waals surface area (Å²) in [6.45, 7) is -0.149. The lowest BCUT2D eigenvalue weighted by molar-refractivity contribution is 0.281. The Hall–Kier alpha value is -3.47. The number of anilines is 3. The van der Waals surface area contributed by atoms with Crippen LogP contribution in [0.3, 0.4) is 0 Å². The highest BCUT2D eigenvalue weighted by molar-refractivity contribution is 5.79. The van der Waals surface area contributed by atoms with E-state index in [0.717, 1.165) is 39.4 Å². The fraction of sp³-hybridized carbons (Fsp3) is 0.0800. The number of hydrogen-bond acceptors (Lipinski definition) is 4. The van der Waals surface area contributed by atoms with E-state index in [2.05, 4.69) is 34.1 Å². The number of hydrogen-bond donors (Lipinski definition) is 2. The minimum Gasteiger partial charge on any atom is -0.392 e. The van der Waals surface area contributed by atoms with E-state index >= 15 is 0 Å². The van der Waals surface area contributed by atoms with Crippen LogP contribution in [0.5, 0.6) is 0 Å². The Morgan fingerprint density at radius 1 is 0.655 bits per heavy atom. The van der Waals surface area contributed by atoms with Gasteiger partial charge in [0.2, 0.25) is 0 Å². The van der Waals surface area contributed by atoms with Crippen LogP contribution in [0, 0.1) is 0 Å². The lowest BCUT2D eigenvalue weighted by atomic mass is 10.0. The van der Waals surface area contributed by atoms with Gasteiger partial charge in [-0.3, -0.25) is 4.98 Å². The zero-order valence-corrected chi connectivity index (χ0v) is 15.9. The molecule has 0 aliphatic carbocycles. The molecule has 0 bridgehead atoms. The van der Waals surface area contributed by atoms with Crippen LogP contribution in [-0.2, 0) is 13.2 Å². The minimum atomic E-state index is -0.106. The summed E-state index contributed by atoms with van der Waals surface area (Å²) in [7, 11) is 0. The second kappa shape index (κ2) is 8.69. The highest BCUT2D eigenvalue weighted by Crippen LogP contribution is 2.36. The fourth-order valence-corrected chi connectivity index (χ4v) is 3.42. The van der Waals surface area contributed by atoms with Crippen molar-refractivity contribution in [3.8, 4) is 11.3 Å². The van der Waals surface area contributed by atoms with Gasteiger partial charge in [-0.1, -0.05) is 42.5 Å². The summed E-state index contributed by atoms with van der Waals surface area (Å²) in [5, 5.41) is 19.5. The zero-order chi connectivity index (χ0) is 20.1. The number of aromatic nitrogens is 1. The van der Waals surface area contributed by atoms with Crippen molar-refractivity contribution in [2.45, 2.75) is 13.2 Å². The monoisotopic (exact) mass is 382 g/mol. The van der Waals surface area contributed by atoms with Gasteiger partial charge in [0.15, 0.2) is 0 Å². The van der Waals surface area contributed by atoms with Gasteiger partial charge in [0, 0.05) is 28.8 Å². The highest BCUT2D eigenvalue weighted by atomic mass is 16.3. The topological polar surface area (TPSA) is 56.6 Å². The molecule has 144 valence electrons. The highest BCUT2D eigenvalue weighted by Gasteiger charge is 2.15. The molecule has 1 aromatic heterocycles. The molecule has 0 atom stereocenters. The summed E-state index contributed by atoms with van der Waals surface area (Å²) in [5.74, 6) is 0. The molecular weight excluding hydrogens is 360 g/mol. The van der Waals surface area contributed by atoms with Crippen molar-refractivity contribution in [1.82, 2.24) is 4.98 Å². The maximum Gasteiger partial charge on any atom is 0.0709 e. The van der Waals surface area contributed by atoms with Crippen molar-refractivity contribution < 1.29 is 10.2 Å². The van der Waals surface area contributed by atoms with Crippen molar-refractivity contribution in [3.63, 3.8) is 0 Å². The number of aliphatic hydroxyl groups excluding tert-OH is 2. The number of para-hydroxylation sites is 2. The molecule has 0 saturated carbocycles. The second-order valence-corrected chi connectivity index (χ2v) is 6.71. The lowest BCUT2D eigenvalue weighted by Crippen LogP contribution is -2.10. The Bertz CT molecular complexity index is 1040. The molecular formula is C25H22N2O2. The van der Waals surface area contributed by atoms with Gasteiger partial charge in [0.05, 0.1) is 18.9 Å². The van der Waals surface area contributed by atoms with Gasteiger partial charge in [-0.15, -0.1) is 0 Å². The molecule has 1 heterocycles. The molecule has 4 rings (SSSR count). The standard InChI is InChI=1S/C25H22N2O2/c28-17-19-13-14-26-25(15-19)24-12-11-23(16-20(24)18-29)27(21-7-3-1-4-8-21)22-9-5-2-6-10-22/h1-16,28-29H,17-18H2. The maximum absolute atomic E-state index is 10.1. The third-order valence-corrected chi connectivity index (χ3v) is 4.83.